The normalized spacial score (nSPS) is 13.4. The highest BCUT2D eigenvalue weighted by Crippen LogP contribution is 2.40. The molecule has 0 spiro atoms. The topological polar surface area (TPSA) is 107 Å². The van der Waals surface area contributed by atoms with Crippen LogP contribution in [0.5, 0.6) is 5.75 Å². The van der Waals surface area contributed by atoms with E-state index in [4.69, 9.17) is 13.9 Å². The Bertz CT molecular complexity index is 1530. The van der Waals surface area contributed by atoms with E-state index in [1.165, 1.54) is 36.1 Å². The number of carbonyl (C=O) groups excluding carboxylic acids is 1. The maximum Gasteiger partial charge on any atom is 0.341 e. The Labute approximate surface area is 229 Å². The predicted octanol–water partition coefficient (Wildman–Crippen LogP) is 6.41. The van der Waals surface area contributed by atoms with E-state index in [1.54, 1.807) is 31.3 Å². The molecule has 0 aliphatic carbocycles. The second kappa shape index (κ2) is 11.6. The lowest BCUT2D eigenvalue weighted by molar-refractivity contribution is -0.384. The number of fused-ring (bicyclic) bond motifs is 1. The summed E-state index contributed by atoms with van der Waals surface area (Å²) in [4.78, 5) is 31.7. The molecule has 39 heavy (non-hydrogen) atoms. The van der Waals surface area contributed by atoms with E-state index in [-0.39, 0.29) is 18.3 Å². The minimum absolute atomic E-state index is 0.0700. The van der Waals surface area contributed by atoms with Crippen molar-refractivity contribution in [3.8, 4) is 17.1 Å². The minimum Gasteiger partial charge on any atom is -0.496 e. The highest BCUT2D eigenvalue weighted by Gasteiger charge is 2.28. The molecule has 2 aromatic heterocycles. The molecule has 9 nitrogen and oxygen atoms in total. The van der Waals surface area contributed by atoms with Crippen LogP contribution in [0.15, 0.2) is 70.1 Å². The first-order valence-corrected chi connectivity index (χ1v) is 13.3. The number of ether oxygens (including phenoxy) is 2. The molecular weight excluding hydrogens is 518 g/mol. The molecule has 3 heterocycles. The summed E-state index contributed by atoms with van der Waals surface area (Å²) in [6, 6.07) is 18.2. The molecule has 1 aliphatic rings. The summed E-state index contributed by atoms with van der Waals surface area (Å²) in [7, 11) is 1.45. The van der Waals surface area contributed by atoms with Crippen LogP contribution in [0.25, 0.3) is 11.3 Å². The molecule has 0 radical (unpaired) electrons. The molecule has 1 aliphatic heterocycles. The number of thiophene rings is 1. The number of nitro groups is 1. The van der Waals surface area contributed by atoms with Crippen LogP contribution in [0.3, 0.4) is 0 Å². The first-order chi connectivity index (χ1) is 19.0. The standard InChI is InChI=1S/C29H27N3O6S/c1-3-37-29(33)27-23-13-14-31(17-19-7-5-4-6-8-19)18-26(23)39-28(27)30-16-21-10-12-24(38-21)22-11-9-20(32(34)35)15-25(22)36-2/h4-12,15-16H,3,13-14,17-18H2,1-2H3. The van der Waals surface area contributed by atoms with Crippen molar-refractivity contribution in [1.29, 1.82) is 0 Å². The Morgan fingerprint density at radius 3 is 2.77 bits per heavy atom. The third kappa shape index (κ3) is 5.76. The van der Waals surface area contributed by atoms with Gasteiger partial charge in [0.2, 0.25) is 0 Å². The molecule has 10 heteroatoms. The lowest BCUT2D eigenvalue weighted by atomic mass is 10.0. The third-order valence-electron chi connectivity index (χ3n) is 6.44. The second-order valence-electron chi connectivity index (χ2n) is 8.95. The molecule has 0 N–H and O–H groups in total. The van der Waals surface area contributed by atoms with E-state index in [0.717, 1.165) is 36.5 Å². The molecule has 0 amide bonds. The molecule has 0 unspecified atom stereocenters. The van der Waals surface area contributed by atoms with E-state index < -0.39 is 4.92 Å². The van der Waals surface area contributed by atoms with Gasteiger partial charge in [0.15, 0.2) is 0 Å². The maximum absolute atomic E-state index is 12.9. The summed E-state index contributed by atoms with van der Waals surface area (Å²) < 4.78 is 16.7. The van der Waals surface area contributed by atoms with Crippen LogP contribution in [0.1, 0.15) is 39.0 Å². The van der Waals surface area contributed by atoms with Gasteiger partial charge in [0.05, 0.1) is 42.0 Å². The number of nitro benzene ring substituents is 1. The van der Waals surface area contributed by atoms with E-state index >= 15 is 0 Å². The number of benzene rings is 2. The molecule has 0 bridgehead atoms. The molecule has 5 rings (SSSR count). The molecule has 0 fully saturated rings. The average molecular weight is 546 g/mol. The van der Waals surface area contributed by atoms with Crippen molar-refractivity contribution in [2.75, 3.05) is 20.3 Å². The highest BCUT2D eigenvalue weighted by molar-refractivity contribution is 7.16. The maximum atomic E-state index is 12.9. The highest BCUT2D eigenvalue weighted by atomic mass is 32.1. The van der Waals surface area contributed by atoms with Gasteiger partial charge in [-0.15, -0.1) is 11.3 Å². The minimum atomic E-state index is -0.477. The summed E-state index contributed by atoms with van der Waals surface area (Å²) in [6.07, 6.45) is 2.32. The molecule has 4 aromatic rings. The number of esters is 1. The first-order valence-electron chi connectivity index (χ1n) is 12.5. The van der Waals surface area contributed by atoms with Gasteiger partial charge in [-0.05, 0) is 42.7 Å². The summed E-state index contributed by atoms with van der Waals surface area (Å²) in [5.41, 5.74) is 3.29. The Morgan fingerprint density at radius 1 is 1.21 bits per heavy atom. The Kier molecular flexibility index (Phi) is 7.85. The number of methoxy groups -OCH3 is 1. The van der Waals surface area contributed by atoms with Gasteiger partial charge in [-0.2, -0.15) is 0 Å². The lowest BCUT2D eigenvalue weighted by Gasteiger charge is -2.27. The Balaban J connectivity index is 1.40. The van der Waals surface area contributed by atoms with Crippen LogP contribution in [0, 0.1) is 10.1 Å². The molecule has 0 saturated heterocycles. The zero-order valence-corrected chi connectivity index (χ0v) is 22.4. The predicted molar refractivity (Wildman–Crippen MR) is 149 cm³/mol. The number of hydrogen-bond donors (Lipinski definition) is 0. The van der Waals surface area contributed by atoms with Gasteiger partial charge in [-0.1, -0.05) is 30.3 Å². The molecule has 0 atom stereocenters. The van der Waals surface area contributed by atoms with Crippen molar-refractivity contribution in [3.63, 3.8) is 0 Å². The molecule has 0 saturated carbocycles. The number of furan rings is 1. The van der Waals surface area contributed by atoms with Crippen LogP contribution in [-0.4, -0.2) is 42.3 Å². The first kappa shape index (κ1) is 26.3. The fraction of sp³-hybridized carbons (Fsp3) is 0.241. The quantitative estimate of drug-likeness (QED) is 0.103. The van der Waals surface area contributed by atoms with Crippen LogP contribution in [0.4, 0.5) is 10.7 Å². The number of non-ortho nitro benzene ring substituents is 1. The third-order valence-corrected chi connectivity index (χ3v) is 7.57. The monoisotopic (exact) mass is 545 g/mol. The van der Waals surface area contributed by atoms with Gasteiger partial charge < -0.3 is 13.9 Å². The number of aliphatic imine (C=N–C) groups is 1. The van der Waals surface area contributed by atoms with Crippen LogP contribution >= 0.6 is 11.3 Å². The largest absolute Gasteiger partial charge is 0.496 e. The fourth-order valence-corrected chi connectivity index (χ4v) is 5.83. The number of rotatable bonds is 9. The summed E-state index contributed by atoms with van der Waals surface area (Å²) in [6.45, 7) is 4.49. The average Bonchev–Trinajstić information content (AvgIpc) is 3.56. The molecule has 2 aromatic carbocycles. The van der Waals surface area contributed by atoms with Crippen molar-refractivity contribution < 1.29 is 23.6 Å². The molecular formula is C29H27N3O6S. The van der Waals surface area contributed by atoms with Gasteiger partial charge in [0.1, 0.15) is 22.3 Å². The van der Waals surface area contributed by atoms with E-state index in [9.17, 15) is 14.9 Å². The zero-order valence-electron chi connectivity index (χ0n) is 21.6. The van der Waals surface area contributed by atoms with Crippen LogP contribution < -0.4 is 4.74 Å². The summed E-state index contributed by atoms with van der Waals surface area (Å²) >= 11 is 1.50. The van der Waals surface area contributed by atoms with Crippen molar-refractivity contribution in [2.24, 2.45) is 4.99 Å². The Hall–Kier alpha value is -4.28. The summed E-state index contributed by atoms with van der Waals surface area (Å²) in [5, 5.41) is 11.7. The Morgan fingerprint density at radius 2 is 2.03 bits per heavy atom. The summed E-state index contributed by atoms with van der Waals surface area (Å²) in [5.74, 6) is 0.917. The van der Waals surface area contributed by atoms with E-state index in [2.05, 4.69) is 22.0 Å². The zero-order chi connectivity index (χ0) is 27.4. The van der Waals surface area contributed by atoms with E-state index in [0.29, 0.717) is 33.4 Å². The van der Waals surface area contributed by atoms with Gasteiger partial charge in [-0.3, -0.25) is 15.0 Å². The fourth-order valence-electron chi connectivity index (χ4n) is 4.61. The number of carbonyl (C=O) groups is 1. The van der Waals surface area contributed by atoms with Crippen molar-refractivity contribution in [1.82, 2.24) is 4.90 Å². The van der Waals surface area contributed by atoms with Gasteiger partial charge in [-0.25, -0.2) is 9.79 Å². The van der Waals surface area contributed by atoms with Crippen LogP contribution in [0.2, 0.25) is 0 Å². The second-order valence-corrected chi connectivity index (χ2v) is 10.0. The van der Waals surface area contributed by atoms with Gasteiger partial charge in [0, 0.05) is 30.6 Å². The van der Waals surface area contributed by atoms with E-state index in [1.807, 2.05) is 18.2 Å². The number of nitrogens with zero attached hydrogens (tertiary/aromatic N) is 3. The molecule has 200 valence electrons. The van der Waals surface area contributed by atoms with Gasteiger partial charge >= 0.3 is 5.97 Å². The SMILES string of the molecule is CCOC(=O)c1c(N=Cc2ccc(-c3ccc([N+](=O)[O-])cc3OC)o2)sc2c1CCN(Cc1ccccc1)C2. The smallest absolute Gasteiger partial charge is 0.341 e. The number of hydrogen-bond acceptors (Lipinski definition) is 9. The van der Waals surface area contributed by atoms with Crippen LogP contribution in [-0.2, 0) is 24.2 Å². The van der Waals surface area contributed by atoms with Crippen molar-refractivity contribution in [2.45, 2.75) is 26.4 Å². The van der Waals surface area contributed by atoms with Crippen molar-refractivity contribution >= 4 is 34.2 Å². The van der Waals surface area contributed by atoms with Gasteiger partial charge in [0.25, 0.3) is 5.69 Å². The van der Waals surface area contributed by atoms with Crippen molar-refractivity contribution in [3.05, 3.63) is 98.1 Å². The lowest BCUT2D eigenvalue weighted by Crippen LogP contribution is -2.29.